The third-order valence-corrected chi connectivity index (χ3v) is 8.68. The minimum Gasteiger partial charge on any atom is -0.379 e. The Hall–Kier alpha value is -2.18. The van der Waals surface area contributed by atoms with E-state index in [4.69, 9.17) is 16.3 Å². The monoisotopic (exact) mass is 529 g/mol. The largest absolute Gasteiger partial charge is 0.379 e. The van der Waals surface area contributed by atoms with Crippen LogP contribution in [0.4, 0.5) is 11.4 Å². The van der Waals surface area contributed by atoms with Crippen molar-refractivity contribution in [1.82, 2.24) is 4.31 Å². The number of nitrogens with zero attached hydrogens (tertiary/aromatic N) is 2. The van der Waals surface area contributed by atoms with Gasteiger partial charge in [-0.15, -0.1) is 0 Å². The maximum absolute atomic E-state index is 12.7. The van der Waals surface area contributed by atoms with Gasteiger partial charge in [-0.1, -0.05) is 17.7 Å². The SMILES string of the molecule is Cc1ccc(Cl)cc1N(CCCC(=O)Nc1ccc(S(=O)(=O)N2CCOCC2)cc1)S(C)(=O)=O. The highest BCUT2D eigenvalue weighted by atomic mass is 35.5. The first-order valence-corrected chi connectivity index (χ1v) is 14.4. The van der Waals surface area contributed by atoms with Gasteiger partial charge in [-0.25, -0.2) is 16.8 Å². The average Bonchev–Trinajstić information content (AvgIpc) is 2.79. The van der Waals surface area contributed by atoms with Crippen LogP contribution in [-0.4, -0.2) is 66.2 Å². The minimum absolute atomic E-state index is 0.0828. The standard InChI is InChI=1S/C22H28ClN3O6S2/c1-17-5-6-18(23)16-21(17)26(33(2,28)29)11-3-4-22(27)24-19-7-9-20(10-8-19)34(30,31)25-12-14-32-15-13-25/h5-10,16H,3-4,11-15H2,1-2H3,(H,24,27). The predicted octanol–water partition coefficient (Wildman–Crippen LogP) is 2.85. The van der Waals surface area contributed by atoms with Crippen molar-refractivity contribution in [3.05, 3.63) is 53.1 Å². The van der Waals surface area contributed by atoms with E-state index in [2.05, 4.69) is 5.32 Å². The number of benzene rings is 2. The molecule has 1 saturated heterocycles. The number of hydrogen-bond donors (Lipinski definition) is 1. The van der Waals surface area contributed by atoms with Crippen LogP contribution in [0.3, 0.4) is 0 Å². The molecule has 0 bridgehead atoms. The smallest absolute Gasteiger partial charge is 0.243 e. The number of anilines is 2. The van der Waals surface area contributed by atoms with Gasteiger partial charge < -0.3 is 10.1 Å². The van der Waals surface area contributed by atoms with Crippen molar-refractivity contribution in [3.63, 3.8) is 0 Å². The summed E-state index contributed by atoms with van der Waals surface area (Å²) < 4.78 is 57.8. The van der Waals surface area contributed by atoms with Crippen molar-refractivity contribution in [1.29, 1.82) is 0 Å². The Morgan fingerprint density at radius 1 is 1.09 bits per heavy atom. The van der Waals surface area contributed by atoms with Gasteiger partial charge in [-0.05, 0) is 55.3 Å². The number of rotatable bonds is 9. The molecule has 1 amide bonds. The van der Waals surface area contributed by atoms with E-state index >= 15 is 0 Å². The summed E-state index contributed by atoms with van der Waals surface area (Å²) in [4.78, 5) is 12.5. The minimum atomic E-state index is -3.61. The van der Waals surface area contributed by atoms with Crippen molar-refractivity contribution in [3.8, 4) is 0 Å². The van der Waals surface area contributed by atoms with Gasteiger partial charge in [0.2, 0.25) is 26.0 Å². The molecule has 0 saturated carbocycles. The van der Waals surface area contributed by atoms with Crippen molar-refractivity contribution < 1.29 is 26.4 Å². The Kier molecular flexibility index (Phi) is 8.58. The molecule has 1 heterocycles. The molecular formula is C22H28ClN3O6S2. The lowest BCUT2D eigenvalue weighted by molar-refractivity contribution is -0.116. The third-order valence-electron chi connectivity index (χ3n) is 5.35. The second kappa shape index (κ2) is 11.0. The third kappa shape index (κ3) is 6.70. The topological polar surface area (TPSA) is 113 Å². The van der Waals surface area contributed by atoms with Crippen LogP contribution >= 0.6 is 11.6 Å². The van der Waals surface area contributed by atoms with E-state index in [-0.39, 0.29) is 30.2 Å². The van der Waals surface area contributed by atoms with E-state index in [0.29, 0.717) is 42.7 Å². The molecule has 0 aromatic heterocycles. The normalized spacial score (nSPS) is 15.1. The molecule has 0 radical (unpaired) electrons. The van der Waals surface area contributed by atoms with Crippen LogP contribution in [0.15, 0.2) is 47.4 Å². The molecule has 0 atom stereocenters. The summed E-state index contributed by atoms with van der Waals surface area (Å²) in [6.45, 7) is 3.24. The molecule has 34 heavy (non-hydrogen) atoms. The van der Waals surface area contributed by atoms with Gasteiger partial charge in [0.25, 0.3) is 0 Å². The number of nitrogens with one attached hydrogen (secondary N) is 1. The zero-order valence-corrected chi connectivity index (χ0v) is 21.4. The van der Waals surface area contributed by atoms with Gasteiger partial charge in [0.15, 0.2) is 0 Å². The molecule has 12 heteroatoms. The van der Waals surface area contributed by atoms with Gasteiger partial charge >= 0.3 is 0 Å². The number of halogens is 1. The molecule has 0 unspecified atom stereocenters. The van der Waals surface area contributed by atoms with Gasteiger partial charge in [0, 0.05) is 36.8 Å². The molecular weight excluding hydrogens is 502 g/mol. The van der Waals surface area contributed by atoms with E-state index in [1.807, 2.05) is 0 Å². The fourth-order valence-electron chi connectivity index (χ4n) is 3.57. The predicted molar refractivity (Wildman–Crippen MR) is 132 cm³/mol. The van der Waals surface area contributed by atoms with Crippen LogP contribution in [-0.2, 0) is 29.6 Å². The van der Waals surface area contributed by atoms with Gasteiger partial charge in [0.05, 0.1) is 30.1 Å². The average molecular weight is 530 g/mol. The lowest BCUT2D eigenvalue weighted by Gasteiger charge is -2.26. The second-order valence-corrected chi connectivity index (χ2v) is 12.2. The first-order chi connectivity index (χ1) is 16.0. The highest BCUT2D eigenvalue weighted by molar-refractivity contribution is 7.92. The number of ether oxygens (including phenoxy) is 1. The number of sulfonamides is 2. The Bertz CT molecular complexity index is 1230. The number of morpholine rings is 1. The fraction of sp³-hybridized carbons (Fsp3) is 0.409. The molecule has 0 spiro atoms. The zero-order chi connectivity index (χ0) is 24.9. The molecule has 1 fully saturated rings. The molecule has 3 rings (SSSR count). The summed E-state index contributed by atoms with van der Waals surface area (Å²) in [5.74, 6) is -0.306. The van der Waals surface area contributed by atoms with Crippen molar-refractivity contribution in [2.75, 3.05) is 48.7 Å². The molecule has 0 aliphatic carbocycles. The Morgan fingerprint density at radius 3 is 2.35 bits per heavy atom. The maximum Gasteiger partial charge on any atom is 0.243 e. The molecule has 1 aliphatic heterocycles. The number of hydrogen-bond acceptors (Lipinski definition) is 6. The molecule has 9 nitrogen and oxygen atoms in total. The van der Waals surface area contributed by atoms with E-state index in [1.165, 1.54) is 32.9 Å². The molecule has 186 valence electrons. The van der Waals surface area contributed by atoms with E-state index in [0.717, 1.165) is 11.8 Å². The van der Waals surface area contributed by atoms with Crippen LogP contribution in [0.25, 0.3) is 0 Å². The highest BCUT2D eigenvalue weighted by Gasteiger charge is 2.26. The Labute approximate surface area is 205 Å². The number of carbonyl (C=O) groups excluding carboxylic acids is 1. The van der Waals surface area contributed by atoms with E-state index < -0.39 is 20.0 Å². The van der Waals surface area contributed by atoms with Crippen molar-refractivity contribution >= 4 is 48.9 Å². The van der Waals surface area contributed by atoms with Crippen LogP contribution in [0.5, 0.6) is 0 Å². The molecule has 1 N–H and O–H groups in total. The lowest BCUT2D eigenvalue weighted by Crippen LogP contribution is -2.40. The second-order valence-electron chi connectivity index (χ2n) is 7.96. The highest BCUT2D eigenvalue weighted by Crippen LogP contribution is 2.27. The van der Waals surface area contributed by atoms with Crippen LogP contribution in [0.1, 0.15) is 18.4 Å². The Morgan fingerprint density at radius 2 is 1.74 bits per heavy atom. The summed E-state index contributed by atoms with van der Waals surface area (Å²) in [6, 6.07) is 11.0. The van der Waals surface area contributed by atoms with Crippen LogP contribution in [0.2, 0.25) is 5.02 Å². The fourth-order valence-corrected chi connectivity index (χ4v) is 6.16. The van der Waals surface area contributed by atoms with Gasteiger partial charge in [0.1, 0.15) is 0 Å². The van der Waals surface area contributed by atoms with E-state index in [1.54, 1.807) is 25.1 Å². The first kappa shape index (κ1) is 26.4. The molecule has 2 aromatic rings. The van der Waals surface area contributed by atoms with Crippen LogP contribution in [0, 0.1) is 6.92 Å². The lowest BCUT2D eigenvalue weighted by atomic mass is 10.2. The van der Waals surface area contributed by atoms with Crippen molar-refractivity contribution in [2.45, 2.75) is 24.7 Å². The zero-order valence-electron chi connectivity index (χ0n) is 19.0. The van der Waals surface area contributed by atoms with Gasteiger partial charge in [-0.2, -0.15) is 4.31 Å². The first-order valence-electron chi connectivity index (χ1n) is 10.7. The summed E-state index contributed by atoms with van der Waals surface area (Å²) in [5.41, 5.74) is 1.69. The summed E-state index contributed by atoms with van der Waals surface area (Å²) in [6.07, 6.45) is 1.48. The number of aryl methyl sites for hydroxylation is 1. The number of amides is 1. The van der Waals surface area contributed by atoms with E-state index in [9.17, 15) is 21.6 Å². The van der Waals surface area contributed by atoms with Crippen LogP contribution < -0.4 is 9.62 Å². The Balaban J connectivity index is 1.58. The summed E-state index contributed by atoms with van der Waals surface area (Å²) >= 11 is 6.04. The quantitative estimate of drug-likeness (QED) is 0.534. The van der Waals surface area contributed by atoms with Gasteiger partial charge in [-0.3, -0.25) is 9.10 Å². The molecule has 1 aliphatic rings. The molecule has 2 aromatic carbocycles. The summed E-state index contributed by atoms with van der Waals surface area (Å²) in [7, 11) is -7.18. The number of carbonyl (C=O) groups is 1. The summed E-state index contributed by atoms with van der Waals surface area (Å²) in [5, 5.41) is 3.14. The maximum atomic E-state index is 12.7. The van der Waals surface area contributed by atoms with Crippen molar-refractivity contribution in [2.24, 2.45) is 0 Å².